The van der Waals surface area contributed by atoms with E-state index in [0.29, 0.717) is 23.2 Å². The summed E-state index contributed by atoms with van der Waals surface area (Å²) in [5.74, 6) is -0.876. The van der Waals surface area contributed by atoms with Crippen molar-refractivity contribution >= 4 is 28.5 Å². The minimum Gasteiger partial charge on any atom is -0.462 e. The van der Waals surface area contributed by atoms with Crippen LogP contribution in [0.4, 0.5) is 5.69 Å². The Bertz CT molecular complexity index is 1130. The van der Waals surface area contributed by atoms with Crippen molar-refractivity contribution in [1.82, 2.24) is 4.57 Å². The van der Waals surface area contributed by atoms with E-state index in [4.69, 9.17) is 4.74 Å². The van der Waals surface area contributed by atoms with Gasteiger partial charge in [-0.25, -0.2) is 4.79 Å². The van der Waals surface area contributed by atoms with Gasteiger partial charge in [-0.3, -0.25) is 9.59 Å². The Balaban J connectivity index is 1.64. The first kappa shape index (κ1) is 18.0. The van der Waals surface area contributed by atoms with Crippen LogP contribution in [0.3, 0.4) is 0 Å². The number of amides is 1. The van der Waals surface area contributed by atoms with Gasteiger partial charge in [0.1, 0.15) is 5.56 Å². The van der Waals surface area contributed by atoms with Crippen molar-refractivity contribution in [3.8, 4) is 0 Å². The second-order valence-electron chi connectivity index (χ2n) is 6.73. The summed E-state index contributed by atoms with van der Waals surface area (Å²) < 4.78 is 6.94. The average Bonchev–Trinajstić information content (AvgIpc) is 2.71. The van der Waals surface area contributed by atoms with Crippen LogP contribution in [0.1, 0.15) is 39.6 Å². The molecule has 6 heteroatoms. The number of nitrogens with zero attached hydrogens (tertiary/aromatic N) is 1. The third-order valence-electron chi connectivity index (χ3n) is 4.92. The predicted octanol–water partition coefficient (Wildman–Crippen LogP) is 3.38. The van der Waals surface area contributed by atoms with Crippen molar-refractivity contribution in [2.75, 3.05) is 11.9 Å². The molecule has 3 aromatic rings. The summed E-state index contributed by atoms with van der Waals surface area (Å²) in [6.45, 7) is 2.82. The SMILES string of the molecule is CCOC(=O)c1ccc(NC(=O)c2cn3c4c(cccc4c2=O)CCC3)cc1. The lowest BCUT2D eigenvalue weighted by Gasteiger charge is -2.20. The van der Waals surface area contributed by atoms with E-state index < -0.39 is 11.9 Å². The van der Waals surface area contributed by atoms with E-state index in [1.165, 1.54) is 0 Å². The lowest BCUT2D eigenvalue weighted by molar-refractivity contribution is 0.0526. The highest BCUT2D eigenvalue weighted by Gasteiger charge is 2.19. The van der Waals surface area contributed by atoms with Crippen LogP contribution in [-0.4, -0.2) is 23.1 Å². The molecule has 0 fully saturated rings. The number of benzene rings is 2. The molecule has 1 aliphatic heterocycles. The fraction of sp³-hybridized carbons (Fsp3) is 0.227. The number of hydrogen-bond acceptors (Lipinski definition) is 4. The van der Waals surface area contributed by atoms with Crippen molar-refractivity contribution in [2.24, 2.45) is 0 Å². The van der Waals surface area contributed by atoms with Crippen LogP contribution in [0.2, 0.25) is 0 Å². The number of aryl methyl sites for hydroxylation is 2. The standard InChI is InChI=1S/C22H20N2O4/c1-2-28-22(27)15-8-10-16(11-9-15)23-21(26)18-13-24-12-4-6-14-5-3-7-17(19(14)24)20(18)25/h3,5,7-11,13H,2,4,6,12H2,1H3,(H,23,26). The average molecular weight is 376 g/mol. The summed E-state index contributed by atoms with van der Waals surface area (Å²) in [6.07, 6.45) is 3.57. The zero-order chi connectivity index (χ0) is 19.7. The molecule has 0 saturated carbocycles. The second kappa shape index (κ2) is 7.31. The molecule has 1 amide bonds. The van der Waals surface area contributed by atoms with Crippen LogP contribution < -0.4 is 10.7 Å². The second-order valence-corrected chi connectivity index (χ2v) is 6.73. The minimum atomic E-state index is -0.462. The molecule has 0 spiro atoms. The highest BCUT2D eigenvalue weighted by molar-refractivity contribution is 6.06. The van der Waals surface area contributed by atoms with Crippen LogP contribution in [0, 0.1) is 0 Å². The van der Waals surface area contributed by atoms with E-state index in [0.717, 1.165) is 30.5 Å². The third kappa shape index (κ3) is 3.17. The van der Waals surface area contributed by atoms with Gasteiger partial charge < -0.3 is 14.6 Å². The van der Waals surface area contributed by atoms with E-state index in [2.05, 4.69) is 5.32 Å². The lowest BCUT2D eigenvalue weighted by atomic mass is 9.99. The fourth-order valence-corrected chi connectivity index (χ4v) is 3.62. The molecule has 0 atom stereocenters. The highest BCUT2D eigenvalue weighted by Crippen LogP contribution is 2.23. The number of ether oxygens (including phenoxy) is 1. The Morgan fingerprint density at radius 1 is 1.14 bits per heavy atom. The maximum atomic E-state index is 12.9. The normalized spacial score (nSPS) is 12.6. The van der Waals surface area contributed by atoms with E-state index in [9.17, 15) is 14.4 Å². The van der Waals surface area contributed by atoms with Gasteiger partial charge in [-0.2, -0.15) is 0 Å². The van der Waals surface area contributed by atoms with Crippen molar-refractivity contribution in [3.63, 3.8) is 0 Å². The van der Waals surface area contributed by atoms with Crippen LogP contribution >= 0.6 is 0 Å². The Kier molecular flexibility index (Phi) is 4.69. The summed E-state index contributed by atoms with van der Waals surface area (Å²) in [7, 11) is 0. The molecule has 4 rings (SSSR count). The zero-order valence-corrected chi connectivity index (χ0v) is 15.5. The molecule has 2 heterocycles. The molecule has 0 unspecified atom stereocenters. The largest absolute Gasteiger partial charge is 0.462 e. The molecule has 1 aliphatic rings. The first-order valence-corrected chi connectivity index (χ1v) is 9.32. The molecule has 0 aliphatic carbocycles. The number of esters is 1. The fourth-order valence-electron chi connectivity index (χ4n) is 3.62. The highest BCUT2D eigenvalue weighted by atomic mass is 16.5. The van der Waals surface area contributed by atoms with E-state index in [-0.39, 0.29) is 11.0 Å². The number of aromatic nitrogens is 1. The molecule has 2 aromatic carbocycles. The number of anilines is 1. The van der Waals surface area contributed by atoms with Gasteiger partial charge >= 0.3 is 5.97 Å². The first-order valence-electron chi connectivity index (χ1n) is 9.32. The maximum Gasteiger partial charge on any atom is 0.338 e. The molecule has 0 saturated heterocycles. The molecule has 28 heavy (non-hydrogen) atoms. The maximum absolute atomic E-state index is 12.9. The quantitative estimate of drug-likeness (QED) is 0.708. The number of carbonyl (C=O) groups excluding carboxylic acids is 2. The number of para-hydroxylation sites is 1. The van der Waals surface area contributed by atoms with Crippen LogP contribution in [0.15, 0.2) is 53.5 Å². The predicted molar refractivity (Wildman–Crippen MR) is 107 cm³/mol. The summed E-state index contributed by atoms with van der Waals surface area (Å²) in [6, 6.07) is 12.1. The summed E-state index contributed by atoms with van der Waals surface area (Å²) >= 11 is 0. The van der Waals surface area contributed by atoms with Gasteiger partial charge in [-0.05, 0) is 55.7 Å². The van der Waals surface area contributed by atoms with Gasteiger partial charge in [0.05, 0.1) is 17.7 Å². The zero-order valence-electron chi connectivity index (χ0n) is 15.5. The van der Waals surface area contributed by atoms with Crippen molar-refractivity contribution in [3.05, 3.63) is 75.6 Å². The first-order chi connectivity index (χ1) is 13.6. The Hall–Kier alpha value is -3.41. The van der Waals surface area contributed by atoms with Crippen molar-refractivity contribution < 1.29 is 14.3 Å². The molecule has 0 radical (unpaired) electrons. The Labute approximate surface area is 161 Å². The number of pyridine rings is 1. The van der Waals surface area contributed by atoms with E-state index in [1.54, 1.807) is 43.5 Å². The van der Waals surface area contributed by atoms with Crippen molar-refractivity contribution in [2.45, 2.75) is 26.3 Å². The van der Waals surface area contributed by atoms with E-state index in [1.807, 2.05) is 16.7 Å². The van der Waals surface area contributed by atoms with Gasteiger partial charge in [0.2, 0.25) is 5.43 Å². The molecular weight excluding hydrogens is 356 g/mol. The molecule has 1 aromatic heterocycles. The van der Waals surface area contributed by atoms with Gasteiger partial charge in [-0.1, -0.05) is 12.1 Å². The number of carbonyl (C=O) groups is 2. The van der Waals surface area contributed by atoms with Gasteiger partial charge in [0, 0.05) is 23.8 Å². The topological polar surface area (TPSA) is 77.4 Å². The molecule has 142 valence electrons. The Morgan fingerprint density at radius 2 is 1.93 bits per heavy atom. The van der Waals surface area contributed by atoms with Gasteiger partial charge in [0.15, 0.2) is 0 Å². The van der Waals surface area contributed by atoms with Gasteiger partial charge in [0.25, 0.3) is 5.91 Å². The molecule has 6 nitrogen and oxygen atoms in total. The summed E-state index contributed by atoms with van der Waals surface area (Å²) in [5, 5.41) is 3.31. The monoisotopic (exact) mass is 376 g/mol. The van der Waals surface area contributed by atoms with E-state index >= 15 is 0 Å². The third-order valence-corrected chi connectivity index (χ3v) is 4.92. The van der Waals surface area contributed by atoms with Crippen LogP contribution in [0.25, 0.3) is 10.9 Å². The minimum absolute atomic E-state index is 0.112. The van der Waals surface area contributed by atoms with Crippen molar-refractivity contribution in [1.29, 1.82) is 0 Å². The lowest BCUT2D eigenvalue weighted by Crippen LogP contribution is -2.25. The molecular formula is C22H20N2O4. The summed E-state index contributed by atoms with van der Waals surface area (Å²) in [5.41, 5.74) is 2.82. The van der Waals surface area contributed by atoms with Crippen LogP contribution in [-0.2, 0) is 17.7 Å². The molecule has 0 bridgehead atoms. The summed E-state index contributed by atoms with van der Waals surface area (Å²) in [4.78, 5) is 37.4. The van der Waals surface area contributed by atoms with Gasteiger partial charge in [-0.15, -0.1) is 0 Å². The molecule has 1 N–H and O–H groups in total. The Morgan fingerprint density at radius 3 is 2.68 bits per heavy atom. The number of nitrogens with one attached hydrogen (secondary N) is 1. The number of rotatable bonds is 4. The smallest absolute Gasteiger partial charge is 0.338 e. The van der Waals surface area contributed by atoms with Crippen LogP contribution in [0.5, 0.6) is 0 Å². The number of hydrogen-bond donors (Lipinski definition) is 1.